The van der Waals surface area contributed by atoms with Gasteiger partial charge >= 0.3 is 0 Å². The van der Waals surface area contributed by atoms with Gasteiger partial charge in [0.15, 0.2) is 0 Å². The van der Waals surface area contributed by atoms with Crippen LogP contribution in [-0.4, -0.2) is 45.4 Å². The molecule has 0 aliphatic carbocycles. The fourth-order valence-electron chi connectivity index (χ4n) is 2.19. The molecule has 0 spiro atoms. The number of benzene rings is 1. The molecule has 2 N–H and O–H groups in total. The average molecular weight is 315 g/mol. The number of carbonyl (C=O) groups excluding carboxylic acids is 1. The number of aryl methyl sites for hydroxylation is 1. The summed E-state index contributed by atoms with van der Waals surface area (Å²) in [7, 11) is 1.67. The number of hydrogen-bond donors (Lipinski definition) is 2. The fourth-order valence-corrected chi connectivity index (χ4v) is 2.19. The molecule has 0 aromatic heterocycles. The SMILES string of the molecule is COc1cccc(CCCNC(=O)C2COCCN2)c1.Cl. The Morgan fingerprint density at radius 1 is 1.52 bits per heavy atom. The van der Waals surface area contributed by atoms with Crippen LogP contribution in [0.1, 0.15) is 12.0 Å². The smallest absolute Gasteiger partial charge is 0.239 e. The van der Waals surface area contributed by atoms with E-state index in [4.69, 9.17) is 9.47 Å². The molecule has 1 saturated heterocycles. The molecule has 21 heavy (non-hydrogen) atoms. The summed E-state index contributed by atoms with van der Waals surface area (Å²) in [5.41, 5.74) is 1.22. The van der Waals surface area contributed by atoms with Crippen molar-refractivity contribution in [3.63, 3.8) is 0 Å². The van der Waals surface area contributed by atoms with Gasteiger partial charge in [0.25, 0.3) is 0 Å². The van der Waals surface area contributed by atoms with E-state index in [1.165, 1.54) is 5.56 Å². The number of ether oxygens (including phenoxy) is 2. The maximum absolute atomic E-state index is 11.8. The second kappa shape index (κ2) is 9.60. The highest BCUT2D eigenvalue weighted by atomic mass is 35.5. The number of morpholine rings is 1. The van der Waals surface area contributed by atoms with Crippen molar-refractivity contribution in [1.82, 2.24) is 10.6 Å². The van der Waals surface area contributed by atoms with Gasteiger partial charge in [-0.2, -0.15) is 0 Å². The Morgan fingerprint density at radius 2 is 2.38 bits per heavy atom. The Balaban J connectivity index is 0.00000220. The van der Waals surface area contributed by atoms with Crippen LogP contribution >= 0.6 is 12.4 Å². The van der Waals surface area contributed by atoms with Gasteiger partial charge in [-0.05, 0) is 30.5 Å². The molecule has 1 fully saturated rings. The van der Waals surface area contributed by atoms with E-state index >= 15 is 0 Å². The molecule has 0 radical (unpaired) electrons. The van der Waals surface area contributed by atoms with Crippen LogP contribution in [0.3, 0.4) is 0 Å². The quantitative estimate of drug-likeness (QED) is 0.774. The zero-order valence-electron chi connectivity index (χ0n) is 12.3. The second-order valence-electron chi connectivity index (χ2n) is 4.83. The van der Waals surface area contributed by atoms with Crippen molar-refractivity contribution in [2.75, 3.05) is 33.4 Å². The first-order chi connectivity index (χ1) is 9.79. The van der Waals surface area contributed by atoms with Crippen molar-refractivity contribution >= 4 is 18.3 Å². The summed E-state index contributed by atoms with van der Waals surface area (Å²) < 4.78 is 10.5. The average Bonchev–Trinajstić information content (AvgIpc) is 2.52. The van der Waals surface area contributed by atoms with Crippen LogP contribution in [-0.2, 0) is 16.0 Å². The predicted molar refractivity (Wildman–Crippen MR) is 84.2 cm³/mol. The van der Waals surface area contributed by atoms with Crippen LogP contribution in [0.25, 0.3) is 0 Å². The van der Waals surface area contributed by atoms with Gasteiger partial charge in [0.05, 0.1) is 20.3 Å². The molecule has 0 saturated carbocycles. The molecule has 1 amide bonds. The largest absolute Gasteiger partial charge is 0.497 e. The number of methoxy groups -OCH3 is 1. The summed E-state index contributed by atoms with van der Waals surface area (Å²) in [6.45, 7) is 2.55. The van der Waals surface area contributed by atoms with Crippen molar-refractivity contribution in [2.45, 2.75) is 18.9 Å². The van der Waals surface area contributed by atoms with Gasteiger partial charge in [0.1, 0.15) is 11.8 Å². The number of amides is 1. The van der Waals surface area contributed by atoms with Gasteiger partial charge in [0, 0.05) is 13.1 Å². The lowest BCUT2D eigenvalue weighted by Gasteiger charge is -2.22. The lowest BCUT2D eigenvalue weighted by atomic mass is 10.1. The number of nitrogens with one attached hydrogen (secondary N) is 2. The molecule has 5 nitrogen and oxygen atoms in total. The van der Waals surface area contributed by atoms with Crippen LogP contribution in [0.15, 0.2) is 24.3 Å². The number of halogens is 1. The summed E-state index contributed by atoms with van der Waals surface area (Å²) in [6.07, 6.45) is 1.83. The van der Waals surface area contributed by atoms with Gasteiger partial charge in [-0.15, -0.1) is 12.4 Å². The minimum absolute atomic E-state index is 0. The van der Waals surface area contributed by atoms with Crippen molar-refractivity contribution in [1.29, 1.82) is 0 Å². The highest BCUT2D eigenvalue weighted by molar-refractivity contribution is 5.85. The Kier molecular flexibility index (Phi) is 8.12. The third kappa shape index (κ3) is 5.91. The molecule has 1 aromatic rings. The second-order valence-corrected chi connectivity index (χ2v) is 4.83. The Labute approximate surface area is 131 Å². The first kappa shape index (κ1) is 17.8. The minimum atomic E-state index is -0.208. The summed E-state index contributed by atoms with van der Waals surface area (Å²) in [5.74, 6) is 0.894. The monoisotopic (exact) mass is 314 g/mol. The standard InChI is InChI=1S/C15H22N2O3.ClH/c1-19-13-6-2-4-12(10-13)5-3-7-17-15(18)14-11-20-9-8-16-14;/h2,4,6,10,14,16H,3,5,7-9,11H2,1H3,(H,17,18);1H. The van der Waals surface area contributed by atoms with E-state index in [0.29, 0.717) is 19.8 Å². The van der Waals surface area contributed by atoms with E-state index in [1.807, 2.05) is 18.2 Å². The minimum Gasteiger partial charge on any atom is -0.497 e. The van der Waals surface area contributed by atoms with Crippen LogP contribution in [0, 0.1) is 0 Å². The molecule has 118 valence electrons. The molecule has 1 unspecified atom stereocenters. The van der Waals surface area contributed by atoms with E-state index in [-0.39, 0.29) is 24.4 Å². The van der Waals surface area contributed by atoms with Crippen LogP contribution < -0.4 is 15.4 Å². The topological polar surface area (TPSA) is 59.6 Å². The maximum Gasteiger partial charge on any atom is 0.239 e. The van der Waals surface area contributed by atoms with Crippen molar-refractivity contribution in [3.8, 4) is 5.75 Å². The van der Waals surface area contributed by atoms with Crippen molar-refractivity contribution in [2.24, 2.45) is 0 Å². The third-order valence-corrected chi connectivity index (χ3v) is 3.31. The molecule has 2 rings (SSSR count). The van der Waals surface area contributed by atoms with E-state index in [1.54, 1.807) is 7.11 Å². The molecule has 6 heteroatoms. The highest BCUT2D eigenvalue weighted by Gasteiger charge is 2.20. The molecule has 0 bridgehead atoms. The summed E-state index contributed by atoms with van der Waals surface area (Å²) in [5, 5.41) is 6.08. The molecule has 1 aliphatic rings. The van der Waals surface area contributed by atoms with Crippen molar-refractivity contribution < 1.29 is 14.3 Å². The van der Waals surface area contributed by atoms with Gasteiger partial charge in [-0.3, -0.25) is 4.79 Å². The van der Waals surface area contributed by atoms with Crippen LogP contribution in [0.2, 0.25) is 0 Å². The van der Waals surface area contributed by atoms with E-state index in [0.717, 1.165) is 25.1 Å². The highest BCUT2D eigenvalue weighted by Crippen LogP contribution is 2.13. The Hall–Kier alpha value is -1.30. The van der Waals surface area contributed by atoms with E-state index < -0.39 is 0 Å². The molecule has 1 aliphatic heterocycles. The van der Waals surface area contributed by atoms with Crippen LogP contribution in [0.5, 0.6) is 5.75 Å². The summed E-state index contributed by atoms with van der Waals surface area (Å²) in [4.78, 5) is 11.8. The molecular weight excluding hydrogens is 292 g/mol. The third-order valence-electron chi connectivity index (χ3n) is 3.31. The number of rotatable bonds is 6. The zero-order chi connectivity index (χ0) is 14.2. The van der Waals surface area contributed by atoms with Gasteiger partial charge in [-0.25, -0.2) is 0 Å². The fraction of sp³-hybridized carbons (Fsp3) is 0.533. The molecule has 1 atom stereocenters. The Bertz CT molecular complexity index is 437. The van der Waals surface area contributed by atoms with Crippen molar-refractivity contribution in [3.05, 3.63) is 29.8 Å². The van der Waals surface area contributed by atoms with E-state index in [9.17, 15) is 4.79 Å². The maximum atomic E-state index is 11.8. The zero-order valence-corrected chi connectivity index (χ0v) is 13.1. The summed E-state index contributed by atoms with van der Waals surface area (Å²) in [6, 6.07) is 7.80. The normalized spacial score (nSPS) is 17.7. The first-order valence-corrected chi connectivity index (χ1v) is 7.01. The van der Waals surface area contributed by atoms with Gasteiger partial charge in [-0.1, -0.05) is 12.1 Å². The molecule has 1 heterocycles. The Morgan fingerprint density at radius 3 is 3.10 bits per heavy atom. The first-order valence-electron chi connectivity index (χ1n) is 7.01. The predicted octanol–water partition coefficient (Wildman–Crippen LogP) is 1.15. The van der Waals surface area contributed by atoms with Gasteiger partial charge < -0.3 is 20.1 Å². The van der Waals surface area contributed by atoms with Gasteiger partial charge in [0.2, 0.25) is 5.91 Å². The lowest BCUT2D eigenvalue weighted by molar-refractivity contribution is -0.125. The van der Waals surface area contributed by atoms with Crippen LogP contribution in [0.4, 0.5) is 0 Å². The number of carbonyl (C=O) groups is 1. The summed E-state index contributed by atoms with van der Waals surface area (Å²) >= 11 is 0. The molecular formula is C15H23ClN2O3. The molecule has 1 aromatic carbocycles. The lowest BCUT2D eigenvalue weighted by Crippen LogP contribution is -2.51. The van der Waals surface area contributed by atoms with E-state index in [2.05, 4.69) is 16.7 Å². The number of hydrogen-bond acceptors (Lipinski definition) is 4.